The summed E-state index contributed by atoms with van der Waals surface area (Å²) in [6.07, 6.45) is 2.08. The Labute approximate surface area is 175 Å². The maximum absolute atomic E-state index is 13.0. The van der Waals surface area contributed by atoms with Gasteiger partial charge in [0.25, 0.3) is 5.56 Å². The van der Waals surface area contributed by atoms with Crippen molar-refractivity contribution in [2.24, 2.45) is 5.92 Å². The van der Waals surface area contributed by atoms with Gasteiger partial charge in [-0.1, -0.05) is 24.6 Å². The first kappa shape index (κ1) is 20.1. The number of benzene rings is 1. The topological polar surface area (TPSA) is 107 Å². The van der Waals surface area contributed by atoms with E-state index >= 15 is 0 Å². The first-order chi connectivity index (χ1) is 14.3. The summed E-state index contributed by atoms with van der Waals surface area (Å²) < 4.78 is 0. The van der Waals surface area contributed by atoms with Gasteiger partial charge in [-0.05, 0) is 44.2 Å². The second kappa shape index (κ2) is 7.93. The molecule has 2 aromatic rings. The molecule has 0 saturated carbocycles. The summed E-state index contributed by atoms with van der Waals surface area (Å²) in [4.78, 5) is 47.6. The fourth-order valence-electron chi connectivity index (χ4n) is 4.29. The van der Waals surface area contributed by atoms with E-state index in [1.807, 2.05) is 36.9 Å². The number of carbonyl (C=O) groups excluding carboxylic acids is 2. The van der Waals surface area contributed by atoms with Gasteiger partial charge in [0.05, 0.1) is 11.5 Å². The van der Waals surface area contributed by atoms with E-state index in [0.29, 0.717) is 17.6 Å². The molecular formula is C22H27N5O3. The smallest absolute Gasteiger partial charge is 0.258 e. The molecule has 0 unspecified atom stereocenters. The highest BCUT2D eigenvalue weighted by atomic mass is 16.2. The second-order valence-corrected chi connectivity index (χ2v) is 8.46. The van der Waals surface area contributed by atoms with Crippen LogP contribution in [0.3, 0.4) is 0 Å². The number of fused-ring (bicyclic) bond motifs is 1. The molecule has 2 aliphatic heterocycles. The Bertz CT molecular complexity index is 1060. The van der Waals surface area contributed by atoms with Crippen molar-refractivity contribution >= 4 is 29.3 Å². The SMILES string of the molecule is Cc1ccc(NC(=O)[C@@H]2CC(=O)Nc3nc(N4CCC[C@H](C)C4)[nH]c(=O)c32)c(C)c1. The standard InChI is InChI=1S/C22H27N5O3/c1-12-6-7-16(14(3)9-12)23-20(29)15-10-17(28)24-19-18(15)21(30)26-22(25-19)27-8-4-5-13(2)11-27/h6-7,9,13,15H,4-5,8,10-11H2,1-3H3,(H,23,29)(H2,24,25,26,28,30)/t13-,15+/m0/s1. The maximum Gasteiger partial charge on any atom is 0.258 e. The van der Waals surface area contributed by atoms with Gasteiger partial charge in [-0.25, -0.2) is 0 Å². The molecule has 0 aliphatic carbocycles. The van der Waals surface area contributed by atoms with Crippen LogP contribution in [0.4, 0.5) is 17.5 Å². The quantitative estimate of drug-likeness (QED) is 0.723. The zero-order chi connectivity index (χ0) is 21.4. The number of amides is 2. The van der Waals surface area contributed by atoms with Gasteiger partial charge in [0.2, 0.25) is 17.8 Å². The Morgan fingerprint density at radius 2 is 2.07 bits per heavy atom. The van der Waals surface area contributed by atoms with Crippen molar-refractivity contribution in [2.75, 3.05) is 28.6 Å². The van der Waals surface area contributed by atoms with E-state index in [9.17, 15) is 14.4 Å². The predicted octanol–water partition coefficient (Wildman–Crippen LogP) is 2.69. The fraction of sp³-hybridized carbons (Fsp3) is 0.455. The molecule has 3 N–H and O–H groups in total. The Hall–Kier alpha value is -3.16. The Morgan fingerprint density at radius 1 is 1.27 bits per heavy atom. The highest BCUT2D eigenvalue weighted by Gasteiger charge is 2.35. The predicted molar refractivity (Wildman–Crippen MR) is 116 cm³/mol. The lowest BCUT2D eigenvalue weighted by molar-refractivity contribution is -0.123. The number of nitrogens with zero attached hydrogens (tertiary/aromatic N) is 2. The van der Waals surface area contributed by atoms with Gasteiger partial charge < -0.3 is 15.5 Å². The molecule has 4 rings (SSSR count). The molecule has 158 valence electrons. The van der Waals surface area contributed by atoms with Gasteiger partial charge in [-0.2, -0.15) is 4.98 Å². The summed E-state index contributed by atoms with van der Waals surface area (Å²) in [6.45, 7) is 7.65. The van der Waals surface area contributed by atoms with Crippen LogP contribution in [0.5, 0.6) is 0 Å². The number of H-pyrrole nitrogens is 1. The monoisotopic (exact) mass is 409 g/mol. The van der Waals surface area contributed by atoms with E-state index < -0.39 is 5.92 Å². The van der Waals surface area contributed by atoms with Crippen molar-refractivity contribution in [1.82, 2.24) is 9.97 Å². The van der Waals surface area contributed by atoms with Gasteiger partial charge in [0, 0.05) is 25.2 Å². The summed E-state index contributed by atoms with van der Waals surface area (Å²) in [6, 6.07) is 5.71. The lowest BCUT2D eigenvalue weighted by Gasteiger charge is -2.32. The van der Waals surface area contributed by atoms with E-state index in [0.717, 1.165) is 37.1 Å². The number of anilines is 3. The lowest BCUT2D eigenvalue weighted by atomic mass is 9.92. The van der Waals surface area contributed by atoms with Crippen LogP contribution in [0.15, 0.2) is 23.0 Å². The van der Waals surface area contributed by atoms with Crippen molar-refractivity contribution in [3.8, 4) is 0 Å². The normalized spacial score (nSPS) is 21.0. The van der Waals surface area contributed by atoms with Crippen LogP contribution in [0.25, 0.3) is 0 Å². The first-order valence-corrected chi connectivity index (χ1v) is 10.4. The third kappa shape index (κ3) is 3.94. The molecule has 0 spiro atoms. The minimum atomic E-state index is -0.889. The second-order valence-electron chi connectivity index (χ2n) is 8.46. The van der Waals surface area contributed by atoms with E-state index in [1.165, 1.54) is 0 Å². The molecule has 2 atom stereocenters. The number of aromatic amines is 1. The number of carbonyl (C=O) groups is 2. The zero-order valence-corrected chi connectivity index (χ0v) is 17.5. The van der Waals surface area contributed by atoms with Gasteiger partial charge in [-0.3, -0.25) is 19.4 Å². The number of aromatic nitrogens is 2. The molecule has 1 aromatic carbocycles. The summed E-state index contributed by atoms with van der Waals surface area (Å²) in [5.74, 6) is -0.458. The van der Waals surface area contributed by atoms with Crippen LogP contribution >= 0.6 is 0 Å². The van der Waals surface area contributed by atoms with Crippen LogP contribution in [0.2, 0.25) is 0 Å². The minimum absolute atomic E-state index is 0.0887. The average Bonchev–Trinajstić information content (AvgIpc) is 2.69. The summed E-state index contributed by atoms with van der Waals surface area (Å²) in [5.41, 5.74) is 2.51. The third-order valence-electron chi connectivity index (χ3n) is 5.85. The molecule has 1 aromatic heterocycles. The molecule has 30 heavy (non-hydrogen) atoms. The molecule has 8 nitrogen and oxygen atoms in total. The van der Waals surface area contributed by atoms with Crippen LogP contribution < -0.4 is 21.1 Å². The van der Waals surface area contributed by atoms with Crippen molar-refractivity contribution in [1.29, 1.82) is 0 Å². The lowest BCUT2D eigenvalue weighted by Crippen LogP contribution is -2.40. The Balaban J connectivity index is 1.65. The minimum Gasteiger partial charge on any atom is -0.342 e. The molecule has 2 amide bonds. The largest absolute Gasteiger partial charge is 0.342 e. The molecule has 8 heteroatoms. The van der Waals surface area contributed by atoms with Crippen LogP contribution in [0, 0.1) is 19.8 Å². The summed E-state index contributed by atoms with van der Waals surface area (Å²) in [7, 11) is 0. The van der Waals surface area contributed by atoms with Crippen molar-refractivity contribution in [3.63, 3.8) is 0 Å². The van der Waals surface area contributed by atoms with Crippen molar-refractivity contribution in [2.45, 2.75) is 46.0 Å². The van der Waals surface area contributed by atoms with Crippen LogP contribution in [-0.2, 0) is 9.59 Å². The number of rotatable bonds is 3. The molecule has 2 aliphatic rings. The Kier molecular flexibility index (Phi) is 5.32. The first-order valence-electron chi connectivity index (χ1n) is 10.4. The molecular weight excluding hydrogens is 382 g/mol. The molecule has 0 radical (unpaired) electrons. The fourth-order valence-corrected chi connectivity index (χ4v) is 4.29. The molecule has 0 bridgehead atoms. The Morgan fingerprint density at radius 3 is 2.80 bits per heavy atom. The molecule has 1 saturated heterocycles. The van der Waals surface area contributed by atoms with Gasteiger partial charge in [0.15, 0.2) is 0 Å². The molecule has 3 heterocycles. The van der Waals surface area contributed by atoms with E-state index in [-0.39, 0.29) is 35.2 Å². The number of hydrogen-bond acceptors (Lipinski definition) is 5. The highest BCUT2D eigenvalue weighted by Crippen LogP contribution is 2.31. The number of nitrogens with one attached hydrogen (secondary N) is 3. The number of piperidine rings is 1. The third-order valence-corrected chi connectivity index (χ3v) is 5.85. The summed E-state index contributed by atoms with van der Waals surface area (Å²) >= 11 is 0. The van der Waals surface area contributed by atoms with Crippen LogP contribution in [0.1, 0.15) is 48.8 Å². The maximum atomic E-state index is 13.0. The molecule has 1 fully saturated rings. The van der Waals surface area contributed by atoms with E-state index in [1.54, 1.807) is 0 Å². The van der Waals surface area contributed by atoms with Gasteiger partial charge >= 0.3 is 0 Å². The summed E-state index contributed by atoms with van der Waals surface area (Å²) in [5, 5.41) is 5.55. The van der Waals surface area contributed by atoms with Gasteiger partial charge in [0.1, 0.15) is 5.82 Å². The zero-order valence-electron chi connectivity index (χ0n) is 17.5. The van der Waals surface area contributed by atoms with E-state index in [2.05, 4.69) is 27.5 Å². The van der Waals surface area contributed by atoms with Gasteiger partial charge in [-0.15, -0.1) is 0 Å². The number of aryl methyl sites for hydroxylation is 2. The van der Waals surface area contributed by atoms with Crippen molar-refractivity contribution < 1.29 is 9.59 Å². The number of hydrogen-bond donors (Lipinski definition) is 3. The van der Waals surface area contributed by atoms with E-state index in [4.69, 9.17) is 0 Å². The average molecular weight is 409 g/mol. The van der Waals surface area contributed by atoms with Crippen LogP contribution in [-0.4, -0.2) is 34.9 Å². The van der Waals surface area contributed by atoms with Crippen molar-refractivity contribution in [3.05, 3.63) is 45.2 Å². The highest BCUT2D eigenvalue weighted by molar-refractivity contribution is 6.04.